The quantitative estimate of drug-likeness (QED) is 0.470. The lowest BCUT2D eigenvalue weighted by atomic mass is 10.1. The van der Waals surface area contributed by atoms with Crippen molar-refractivity contribution in [1.29, 1.82) is 0 Å². The van der Waals surface area contributed by atoms with Crippen LogP contribution in [-0.2, 0) is 4.79 Å². The van der Waals surface area contributed by atoms with Crippen molar-refractivity contribution in [1.82, 2.24) is 4.67 Å². The van der Waals surface area contributed by atoms with Crippen LogP contribution in [0.15, 0.2) is 0 Å². The molecule has 9 heavy (non-hydrogen) atoms. The summed E-state index contributed by atoms with van der Waals surface area (Å²) in [7, 11) is 2.64. The Kier molecular flexibility index (Phi) is 2.20. The minimum atomic E-state index is 0.404. The molecule has 1 heterocycles. The van der Waals surface area contributed by atoms with Crippen molar-refractivity contribution in [3.63, 3.8) is 0 Å². The molecule has 1 saturated heterocycles. The SMILES string of the molecule is CC1CC(=O)CCN1P. The molecule has 0 amide bonds. The van der Waals surface area contributed by atoms with E-state index in [9.17, 15) is 4.79 Å². The van der Waals surface area contributed by atoms with E-state index in [0.29, 0.717) is 11.8 Å². The minimum Gasteiger partial charge on any atom is -0.300 e. The van der Waals surface area contributed by atoms with Crippen molar-refractivity contribution in [2.24, 2.45) is 0 Å². The molecule has 52 valence electrons. The van der Waals surface area contributed by atoms with Crippen LogP contribution in [0.4, 0.5) is 0 Å². The van der Waals surface area contributed by atoms with E-state index in [-0.39, 0.29) is 0 Å². The molecule has 2 atom stereocenters. The first kappa shape index (κ1) is 7.17. The summed E-state index contributed by atoms with van der Waals surface area (Å²) in [4.78, 5) is 10.8. The number of carbonyl (C=O) groups excluding carboxylic acids is 1. The Bertz CT molecular complexity index is 126. The molecule has 0 spiro atoms. The van der Waals surface area contributed by atoms with Crippen LogP contribution in [0.3, 0.4) is 0 Å². The molecule has 0 aromatic carbocycles. The van der Waals surface area contributed by atoms with Crippen molar-refractivity contribution in [3.05, 3.63) is 0 Å². The molecule has 0 aromatic heterocycles. The third kappa shape index (κ3) is 1.74. The fourth-order valence-corrected chi connectivity index (χ4v) is 1.26. The van der Waals surface area contributed by atoms with E-state index in [1.165, 1.54) is 0 Å². The molecule has 0 saturated carbocycles. The van der Waals surface area contributed by atoms with Gasteiger partial charge in [0.1, 0.15) is 5.78 Å². The molecule has 0 aromatic rings. The zero-order valence-electron chi connectivity index (χ0n) is 5.63. The van der Waals surface area contributed by atoms with Gasteiger partial charge in [-0.1, -0.05) is 9.39 Å². The second-order valence-corrected chi connectivity index (χ2v) is 3.24. The summed E-state index contributed by atoms with van der Waals surface area (Å²) >= 11 is 0. The van der Waals surface area contributed by atoms with Gasteiger partial charge in [-0.15, -0.1) is 0 Å². The molecule has 0 N–H and O–H groups in total. The van der Waals surface area contributed by atoms with Gasteiger partial charge < -0.3 is 0 Å². The lowest BCUT2D eigenvalue weighted by Gasteiger charge is -2.27. The summed E-state index contributed by atoms with van der Waals surface area (Å²) in [6.07, 6.45) is 1.46. The Labute approximate surface area is 57.9 Å². The Morgan fingerprint density at radius 3 is 2.89 bits per heavy atom. The Balaban J connectivity index is 2.44. The Morgan fingerprint density at radius 2 is 2.44 bits per heavy atom. The highest BCUT2D eigenvalue weighted by Gasteiger charge is 2.19. The van der Waals surface area contributed by atoms with Gasteiger partial charge in [0.05, 0.1) is 0 Å². The van der Waals surface area contributed by atoms with Gasteiger partial charge in [-0.3, -0.25) is 9.46 Å². The molecule has 0 bridgehead atoms. The minimum absolute atomic E-state index is 0.404. The maximum absolute atomic E-state index is 10.8. The fourth-order valence-electron chi connectivity index (χ4n) is 1.02. The third-order valence-corrected chi connectivity index (χ3v) is 2.51. The predicted molar refractivity (Wildman–Crippen MR) is 40.1 cm³/mol. The van der Waals surface area contributed by atoms with Crippen molar-refractivity contribution >= 4 is 15.2 Å². The van der Waals surface area contributed by atoms with Gasteiger partial charge >= 0.3 is 0 Å². The van der Waals surface area contributed by atoms with E-state index in [2.05, 4.69) is 21.0 Å². The summed E-state index contributed by atoms with van der Waals surface area (Å²) in [6.45, 7) is 2.98. The highest BCUT2D eigenvalue weighted by atomic mass is 31.0. The first-order chi connectivity index (χ1) is 4.20. The molecule has 2 unspecified atom stereocenters. The van der Waals surface area contributed by atoms with Crippen LogP contribution in [0.5, 0.6) is 0 Å². The number of hydrogen-bond acceptors (Lipinski definition) is 2. The van der Waals surface area contributed by atoms with E-state index >= 15 is 0 Å². The first-order valence-electron chi connectivity index (χ1n) is 3.23. The van der Waals surface area contributed by atoms with Gasteiger partial charge in [0.25, 0.3) is 0 Å². The molecule has 0 radical (unpaired) electrons. The van der Waals surface area contributed by atoms with Gasteiger partial charge in [0.2, 0.25) is 0 Å². The molecular weight excluding hydrogens is 133 g/mol. The Hall–Kier alpha value is 0.0600. The van der Waals surface area contributed by atoms with Crippen LogP contribution in [-0.4, -0.2) is 23.0 Å². The molecule has 1 aliphatic heterocycles. The maximum atomic E-state index is 10.8. The monoisotopic (exact) mass is 145 g/mol. The number of Topliss-reactive ketones (excluding diaryl/α,β-unsaturated/α-hetero) is 1. The lowest BCUT2D eigenvalue weighted by molar-refractivity contribution is -0.121. The highest BCUT2D eigenvalue weighted by molar-refractivity contribution is 7.13. The number of nitrogens with zero attached hydrogens (tertiary/aromatic N) is 1. The number of ketones is 1. The van der Waals surface area contributed by atoms with Crippen molar-refractivity contribution in [3.8, 4) is 0 Å². The van der Waals surface area contributed by atoms with Gasteiger partial charge in [-0.2, -0.15) is 0 Å². The van der Waals surface area contributed by atoms with Crippen molar-refractivity contribution < 1.29 is 4.79 Å². The number of rotatable bonds is 0. The smallest absolute Gasteiger partial charge is 0.135 e. The maximum Gasteiger partial charge on any atom is 0.135 e. The molecule has 1 fully saturated rings. The second kappa shape index (κ2) is 2.76. The summed E-state index contributed by atoms with van der Waals surface area (Å²) in [5.74, 6) is 0.404. The van der Waals surface area contributed by atoms with Gasteiger partial charge in [0.15, 0.2) is 0 Å². The normalized spacial score (nSPS) is 30.9. The van der Waals surface area contributed by atoms with Gasteiger partial charge in [-0.25, -0.2) is 0 Å². The lowest BCUT2D eigenvalue weighted by Crippen LogP contribution is -2.33. The van der Waals surface area contributed by atoms with Crippen LogP contribution in [0, 0.1) is 0 Å². The van der Waals surface area contributed by atoms with Crippen LogP contribution >= 0.6 is 9.39 Å². The second-order valence-electron chi connectivity index (χ2n) is 2.58. The highest BCUT2D eigenvalue weighted by Crippen LogP contribution is 2.16. The van der Waals surface area contributed by atoms with Crippen LogP contribution in [0.1, 0.15) is 19.8 Å². The molecule has 2 nitrogen and oxygen atoms in total. The van der Waals surface area contributed by atoms with E-state index in [0.717, 1.165) is 19.4 Å². The largest absolute Gasteiger partial charge is 0.300 e. The summed E-state index contributed by atoms with van der Waals surface area (Å²) < 4.78 is 2.14. The molecule has 1 aliphatic rings. The van der Waals surface area contributed by atoms with Crippen molar-refractivity contribution in [2.45, 2.75) is 25.8 Å². The average molecular weight is 145 g/mol. The first-order valence-corrected chi connectivity index (χ1v) is 3.75. The van der Waals surface area contributed by atoms with E-state index in [1.54, 1.807) is 0 Å². The van der Waals surface area contributed by atoms with Crippen molar-refractivity contribution in [2.75, 3.05) is 6.54 Å². The summed E-state index contributed by atoms with van der Waals surface area (Å²) in [6, 6.07) is 0.427. The standard InChI is InChI=1S/C6H12NOP/c1-5-4-6(8)2-3-7(5)9/h5H,2-4,9H2,1H3. The van der Waals surface area contributed by atoms with E-state index in [1.807, 2.05) is 0 Å². The zero-order valence-corrected chi connectivity index (χ0v) is 6.79. The Morgan fingerprint density at radius 1 is 1.78 bits per heavy atom. The van der Waals surface area contributed by atoms with Gasteiger partial charge in [0, 0.05) is 25.4 Å². The topological polar surface area (TPSA) is 20.3 Å². The number of carbonyl (C=O) groups is 1. The van der Waals surface area contributed by atoms with Crippen LogP contribution in [0.2, 0.25) is 0 Å². The molecule has 1 rings (SSSR count). The molecule has 3 heteroatoms. The van der Waals surface area contributed by atoms with E-state index < -0.39 is 0 Å². The van der Waals surface area contributed by atoms with Crippen LogP contribution < -0.4 is 0 Å². The number of hydrogen-bond donors (Lipinski definition) is 0. The summed E-state index contributed by atoms with van der Waals surface area (Å²) in [5, 5.41) is 0. The van der Waals surface area contributed by atoms with E-state index in [4.69, 9.17) is 0 Å². The predicted octanol–water partition coefficient (Wildman–Crippen LogP) is 0.830. The van der Waals surface area contributed by atoms with Gasteiger partial charge in [-0.05, 0) is 6.92 Å². The molecule has 0 aliphatic carbocycles. The van der Waals surface area contributed by atoms with Crippen LogP contribution in [0.25, 0.3) is 0 Å². The number of piperidine rings is 1. The zero-order chi connectivity index (χ0) is 6.85. The third-order valence-electron chi connectivity index (χ3n) is 1.74. The molecular formula is C6H12NOP. The summed E-state index contributed by atoms with van der Waals surface area (Å²) in [5.41, 5.74) is 0. The average Bonchev–Trinajstić information content (AvgIpc) is 1.80. The fraction of sp³-hybridized carbons (Fsp3) is 0.833.